The highest BCUT2D eigenvalue weighted by Gasteiger charge is 2.25. The molecule has 314 valence electrons. The minimum atomic E-state index is -4.40. The molecule has 0 radical (unpaired) electrons. The lowest BCUT2D eigenvalue weighted by molar-refractivity contribution is -0.161. The SMILES string of the molecule is CCCCCCCCCCCCCCCCCC(=O)OC[C@H](COP(=O)(O)OCCN)OC(=O)CCC/C=C\C/C=C\C/C=C\C/C=C\[C@H](O)CCCC. The standard InChI is InChI=1S/C43H78NO9P/c1-3-5-7-8-9-10-11-12-13-14-18-21-24-27-30-34-42(46)50-38-41(39-52-54(48,49)51-37-36-44)53-43(47)35-31-28-25-22-19-16-15-17-20-23-26-29-33-40(45)32-6-4-2/h15-16,20,22-23,25,29,33,40-41,45H,3-14,17-19,21,24,26-28,30-32,34-39,44H2,1-2H3,(H,48,49)/b16-15-,23-20-,25-22-,33-29-/t40-,41-/m1/s1. The largest absolute Gasteiger partial charge is 0.472 e. The first kappa shape index (κ1) is 51.9. The monoisotopic (exact) mass is 784 g/mol. The number of aliphatic hydroxyl groups is 1. The Labute approximate surface area is 329 Å². The molecule has 0 rings (SSSR count). The number of phosphoric ester groups is 1. The molecule has 0 bridgehead atoms. The molecule has 0 spiro atoms. The lowest BCUT2D eigenvalue weighted by Crippen LogP contribution is -2.29. The van der Waals surface area contributed by atoms with Gasteiger partial charge < -0.3 is 25.2 Å². The van der Waals surface area contributed by atoms with Crippen LogP contribution in [0.15, 0.2) is 48.6 Å². The summed E-state index contributed by atoms with van der Waals surface area (Å²) in [7, 11) is -4.40. The Morgan fingerprint density at radius 2 is 1.13 bits per heavy atom. The highest BCUT2D eigenvalue weighted by atomic mass is 31.2. The Hall–Kier alpha value is -2.07. The van der Waals surface area contributed by atoms with Gasteiger partial charge in [-0.2, -0.15) is 0 Å². The van der Waals surface area contributed by atoms with E-state index in [9.17, 15) is 24.2 Å². The number of unbranched alkanes of at least 4 members (excludes halogenated alkanes) is 16. The maximum atomic E-state index is 12.5. The second-order valence-electron chi connectivity index (χ2n) is 14.0. The van der Waals surface area contributed by atoms with Gasteiger partial charge in [-0.3, -0.25) is 18.6 Å². The molecular weight excluding hydrogens is 705 g/mol. The molecule has 0 saturated carbocycles. The molecule has 54 heavy (non-hydrogen) atoms. The van der Waals surface area contributed by atoms with Crippen molar-refractivity contribution in [2.24, 2.45) is 5.73 Å². The van der Waals surface area contributed by atoms with Crippen LogP contribution >= 0.6 is 7.82 Å². The maximum absolute atomic E-state index is 12.5. The van der Waals surface area contributed by atoms with Crippen LogP contribution in [0.3, 0.4) is 0 Å². The van der Waals surface area contributed by atoms with Gasteiger partial charge in [-0.25, -0.2) is 4.57 Å². The van der Waals surface area contributed by atoms with Gasteiger partial charge in [-0.05, 0) is 44.9 Å². The molecule has 0 aromatic rings. The molecule has 0 aromatic heterocycles. The topological polar surface area (TPSA) is 155 Å². The number of ether oxygens (including phenoxy) is 2. The molecule has 1 unspecified atom stereocenters. The van der Waals surface area contributed by atoms with Crippen molar-refractivity contribution in [3.63, 3.8) is 0 Å². The molecule has 11 heteroatoms. The normalized spacial score (nSPS) is 14.4. The molecule has 0 aromatic carbocycles. The number of hydrogen-bond donors (Lipinski definition) is 3. The quantitative estimate of drug-likeness (QED) is 0.0237. The van der Waals surface area contributed by atoms with Crippen molar-refractivity contribution < 1.29 is 42.7 Å². The fourth-order valence-electron chi connectivity index (χ4n) is 5.59. The van der Waals surface area contributed by atoms with E-state index in [2.05, 4.69) is 38.2 Å². The van der Waals surface area contributed by atoms with Crippen LogP contribution in [0, 0.1) is 0 Å². The zero-order valence-corrected chi connectivity index (χ0v) is 35.0. The van der Waals surface area contributed by atoms with Gasteiger partial charge >= 0.3 is 19.8 Å². The Morgan fingerprint density at radius 3 is 1.69 bits per heavy atom. The maximum Gasteiger partial charge on any atom is 0.472 e. The predicted molar refractivity (Wildman–Crippen MR) is 221 cm³/mol. The first-order chi connectivity index (χ1) is 26.2. The number of aliphatic hydroxyl groups excluding tert-OH is 1. The van der Waals surface area contributed by atoms with E-state index < -0.39 is 32.5 Å². The zero-order chi connectivity index (χ0) is 39.8. The van der Waals surface area contributed by atoms with Gasteiger partial charge in [-0.15, -0.1) is 0 Å². The fraction of sp³-hybridized carbons (Fsp3) is 0.767. The summed E-state index contributed by atoms with van der Waals surface area (Å²) in [5.74, 6) is -0.915. The Balaban J connectivity index is 4.29. The average Bonchev–Trinajstić information content (AvgIpc) is 3.15. The van der Waals surface area contributed by atoms with Crippen molar-refractivity contribution in [1.82, 2.24) is 0 Å². The summed E-state index contributed by atoms with van der Waals surface area (Å²) < 4.78 is 32.7. The van der Waals surface area contributed by atoms with Crippen LogP contribution in [0.4, 0.5) is 0 Å². The van der Waals surface area contributed by atoms with Crippen LogP contribution in [-0.2, 0) is 32.7 Å². The molecule has 0 aliphatic carbocycles. The second kappa shape index (κ2) is 39.2. The fourth-order valence-corrected chi connectivity index (χ4v) is 6.35. The van der Waals surface area contributed by atoms with Gasteiger partial charge in [0.05, 0.1) is 19.3 Å². The lowest BCUT2D eigenvalue weighted by Gasteiger charge is -2.19. The lowest BCUT2D eigenvalue weighted by atomic mass is 10.0. The molecule has 0 aliphatic heterocycles. The highest BCUT2D eigenvalue weighted by Crippen LogP contribution is 2.43. The van der Waals surface area contributed by atoms with Gasteiger partial charge in [0, 0.05) is 19.4 Å². The van der Waals surface area contributed by atoms with Crippen molar-refractivity contribution in [2.45, 2.75) is 187 Å². The van der Waals surface area contributed by atoms with Crippen molar-refractivity contribution in [3.8, 4) is 0 Å². The van der Waals surface area contributed by atoms with Crippen LogP contribution in [0.1, 0.15) is 174 Å². The highest BCUT2D eigenvalue weighted by molar-refractivity contribution is 7.47. The summed E-state index contributed by atoms with van der Waals surface area (Å²) in [6.07, 6.45) is 40.5. The van der Waals surface area contributed by atoms with Gasteiger partial charge in [0.15, 0.2) is 6.10 Å². The summed E-state index contributed by atoms with van der Waals surface area (Å²) in [5, 5.41) is 9.81. The summed E-state index contributed by atoms with van der Waals surface area (Å²) >= 11 is 0. The smallest absolute Gasteiger partial charge is 0.462 e. The van der Waals surface area contributed by atoms with Gasteiger partial charge in [0.1, 0.15) is 6.61 Å². The number of esters is 2. The number of allylic oxidation sites excluding steroid dienone is 7. The van der Waals surface area contributed by atoms with E-state index in [1.165, 1.54) is 77.0 Å². The third-order valence-corrected chi connectivity index (χ3v) is 9.77. The Morgan fingerprint density at radius 1 is 0.630 bits per heavy atom. The molecule has 0 amide bonds. The minimum absolute atomic E-state index is 0.0374. The van der Waals surface area contributed by atoms with E-state index >= 15 is 0 Å². The van der Waals surface area contributed by atoms with Crippen molar-refractivity contribution in [2.75, 3.05) is 26.4 Å². The molecule has 4 N–H and O–H groups in total. The first-order valence-corrected chi connectivity index (χ1v) is 22.7. The van der Waals surface area contributed by atoms with Crippen LogP contribution in [0.25, 0.3) is 0 Å². The molecule has 0 fully saturated rings. The Kier molecular flexibility index (Phi) is 37.7. The van der Waals surface area contributed by atoms with E-state index in [0.717, 1.165) is 57.8 Å². The van der Waals surface area contributed by atoms with E-state index in [0.29, 0.717) is 12.8 Å². The number of nitrogens with two attached hydrogens (primary N) is 1. The number of rotatable bonds is 39. The van der Waals surface area contributed by atoms with Crippen molar-refractivity contribution in [3.05, 3.63) is 48.6 Å². The second-order valence-corrected chi connectivity index (χ2v) is 15.5. The van der Waals surface area contributed by atoms with Gasteiger partial charge in [0.2, 0.25) is 0 Å². The molecule has 10 nitrogen and oxygen atoms in total. The number of phosphoric acid groups is 1. The first-order valence-electron chi connectivity index (χ1n) is 21.2. The van der Waals surface area contributed by atoms with Crippen LogP contribution in [-0.4, -0.2) is 60.5 Å². The third kappa shape index (κ3) is 38.2. The molecule has 0 saturated heterocycles. The summed E-state index contributed by atoms with van der Waals surface area (Å²) in [5.41, 5.74) is 5.34. The van der Waals surface area contributed by atoms with E-state index in [-0.39, 0.29) is 38.7 Å². The molecule has 3 atom stereocenters. The summed E-state index contributed by atoms with van der Waals surface area (Å²) in [6, 6.07) is 0. The number of carbonyl (C=O) groups is 2. The number of carbonyl (C=O) groups excluding carboxylic acids is 2. The van der Waals surface area contributed by atoms with E-state index in [1.807, 2.05) is 24.3 Å². The predicted octanol–water partition coefficient (Wildman–Crippen LogP) is 10.9. The van der Waals surface area contributed by atoms with E-state index in [4.69, 9.17) is 24.3 Å². The average molecular weight is 784 g/mol. The third-order valence-electron chi connectivity index (χ3n) is 8.79. The van der Waals surface area contributed by atoms with Crippen LogP contribution < -0.4 is 5.73 Å². The van der Waals surface area contributed by atoms with Crippen LogP contribution in [0.5, 0.6) is 0 Å². The zero-order valence-electron chi connectivity index (χ0n) is 34.1. The minimum Gasteiger partial charge on any atom is -0.462 e. The Bertz CT molecular complexity index is 1050. The summed E-state index contributed by atoms with van der Waals surface area (Å²) in [6.45, 7) is 3.50. The molecule has 0 aliphatic rings. The van der Waals surface area contributed by atoms with Gasteiger partial charge in [-0.1, -0.05) is 165 Å². The van der Waals surface area contributed by atoms with Crippen LogP contribution in [0.2, 0.25) is 0 Å². The van der Waals surface area contributed by atoms with E-state index in [1.54, 1.807) is 0 Å². The van der Waals surface area contributed by atoms with Crippen molar-refractivity contribution in [1.29, 1.82) is 0 Å². The number of hydrogen-bond acceptors (Lipinski definition) is 9. The van der Waals surface area contributed by atoms with Gasteiger partial charge in [0.25, 0.3) is 0 Å². The van der Waals surface area contributed by atoms with Crippen molar-refractivity contribution >= 4 is 19.8 Å². The summed E-state index contributed by atoms with van der Waals surface area (Å²) in [4.78, 5) is 34.8. The molecule has 0 heterocycles. The molecular formula is C43H78NO9P.